The van der Waals surface area contributed by atoms with Crippen LogP contribution in [0.4, 0.5) is 8.78 Å². The summed E-state index contributed by atoms with van der Waals surface area (Å²) in [6.07, 6.45) is 0. The quantitative estimate of drug-likeness (QED) is 0.199. The van der Waals surface area contributed by atoms with E-state index in [4.69, 9.17) is 4.74 Å². The lowest BCUT2D eigenvalue weighted by Gasteiger charge is -2.18. The molecule has 1 rings (SSSR count). The van der Waals surface area contributed by atoms with E-state index in [1.807, 2.05) is 27.7 Å². The zero-order chi connectivity index (χ0) is 21.2. The summed E-state index contributed by atoms with van der Waals surface area (Å²) < 4.78 is 34.9. The molecule has 0 spiro atoms. The van der Waals surface area contributed by atoms with Gasteiger partial charge < -0.3 is 25.4 Å². The standard InChI is InChI=1S/C19H30F2N4O3.HI/c1-6-22-18(24-10-9-23-16(26)19(2,3)4)25-12-13-11-14(27-5)7-8-15(13)28-17(20)21;/h7-8,11,17H,6,9-10,12H2,1-5H3,(H,23,26)(H2,22,24,25);1H. The Hall–Kier alpha value is -1.85. The molecule has 0 radical (unpaired) electrons. The fourth-order valence-corrected chi connectivity index (χ4v) is 2.15. The minimum Gasteiger partial charge on any atom is -0.497 e. The topological polar surface area (TPSA) is 84.0 Å². The Morgan fingerprint density at radius 3 is 2.38 bits per heavy atom. The second-order valence-corrected chi connectivity index (χ2v) is 6.98. The van der Waals surface area contributed by atoms with Crippen molar-refractivity contribution in [2.45, 2.75) is 40.9 Å². The van der Waals surface area contributed by atoms with Crippen LogP contribution in [0.5, 0.6) is 11.5 Å². The van der Waals surface area contributed by atoms with Gasteiger partial charge in [0.15, 0.2) is 5.96 Å². The number of amides is 1. The maximum atomic E-state index is 12.6. The Kier molecular flexibility index (Phi) is 12.5. The molecule has 1 aromatic rings. The first-order valence-electron chi connectivity index (χ1n) is 9.09. The number of guanidine groups is 1. The summed E-state index contributed by atoms with van der Waals surface area (Å²) in [5.41, 5.74) is 0.0179. The highest BCUT2D eigenvalue weighted by molar-refractivity contribution is 14.0. The highest BCUT2D eigenvalue weighted by atomic mass is 127. The monoisotopic (exact) mass is 528 g/mol. The Morgan fingerprint density at radius 2 is 1.83 bits per heavy atom. The third-order valence-electron chi connectivity index (χ3n) is 3.62. The number of rotatable bonds is 9. The Labute approximate surface area is 188 Å². The van der Waals surface area contributed by atoms with Gasteiger partial charge in [-0.1, -0.05) is 20.8 Å². The second kappa shape index (κ2) is 13.4. The van der Waals surface area contributed by atoms with Crippen LogP contribution in [0.15, 0.2) is 23.2 Å². The minimum absolute atomic E-state index is 0. The number of nitrogens with one attached hydrogen (secondary N) is 3. The third kappa shape index (κ3) is 10.5. The fourth-order valence-electron chi connectivity index (χ4n) is 2.15. The van der Waals surface area contributed by atoms with E-state index in [0.29, 0.717) is 36.9 Å². The lowest BCUT2D eigenvalue weighted by molar-refractivity contribution is -0.128. The number of hydrogen-bond donors (Lipinski definition) is 3. The number of carbonyl (C=O) groups is 1. The van der Waals surface area contributed by atoms with Crippen LogP contribution in [0.25, 0.3) is 0 Å². The molecule has 0 heterocycles. The first-order chi connectivity index (χ1) is 13.2. The van der Waals surface area contributed by atoms with Gasteiger partial charge >= 0.3 is 6.61 Å². The molecule has 1 amide bonds. The van der Waals surface area contributed by atoms with E-state index in [1.165, 1.54) is 13.2 Å². The van der Waals surface area contributed by atoms with E-state index in [2.05, 4.69) is 25.7 Å². The van der Waals surface area contributed by atoms with Crippen molar-refractivity contribution in [2.75, 3.05) is 26.7 Å². The molecule has 0 aliphatic heterocycles. The summed E-state index contributed by atoms with van der Waals surface area (Å²) in [4.78, 5) is 16.3. The summed E-state index contributed by atoms with van der Waals surface area (Å²) in [5.74, 6) is 1.03. The van der Waals surface area contributed by atoms with Crippen molar-refractivity contribution < 1.29 is 23.0 Å². The van der Waals surface area contributed by atoms with Gasteiger partial charge in [0.1, 0.15) is 11.5 Å². The van der Waals surface area contributed by atoms with Crippen LogP contribution >= 0.6 is 24.0 Å². The van der Waals surface area contributed by atoms with Gasteiger partial charge in [0, 0.05) is 30.6 Å². The zero-order valence-electron chi connectivity index (χ0n) is 17.5. The van der Waals surface area contributed by atoms with Gasteiger partial charge in [-0.15, -0.1) is 24.0 Å². The van der Waals surface area contributed by atoms with Crippen LogP contribution < -0.4 is 25.4 Å². The van der Waals surface area contributed by atoms with E-state index in [1.54, 1.807) is 12.1 Å². The van der Waals surface area contributed by atoms with Gasteiger partial charge in [0.25, 0.3) is 0 Å². The fraction of sp³-hybridized carbons (Fsp3) is 0.579. The molecule has 0 aliphatic carbocycles. The summed E-state index contributed by atoms with van der Waals surface area (Å²) in [6, 6.07) is 4.58. The molecule has 0 aromatic heterocycles. The van der Waals surface area contributed by atoms with Crippen molar-refractivity contribution >= 4 is 35.8 Å². The molecular weight excluding hydrogens is 497 g/mol. The SMILES string of the molecule is CCNC(=NCc1cc(OC)ccc1OC(F)F)NCCNC(=O)C(C)(C)C.I. The highest BCUT2D eigenvalue weighted by Gasteiger charge is 2.20. The molecule has 166 valence electrons. The summed E-state index contributed by atoms with van der Waals surface area (Å²) in [5, 5.41) is 8.99. The molecule has 0 unspecified atom stereocenters. The highest BCUT2D eigenvalue weighted by Crippen LogP contribution is 2.26. The van der Waals surface area contributed by atoms with Crippen LogP contribution in [-0.4, -0.2) is 45.2 Å². The van der Waals surface area contributed by atoms with Crippen molar-refractivity contribution in [3.63, 3.8) is 0 Å². The van der Waals surface area contributed by atoms with Gasteiger partial charge in [-0.05, 0) is 25.1 Å². The average molecular weight is 528 g/mol. The molecule has 0 aliphatic rings. The number of halogens is 3. The average Bonchev–Trinajstić information content (AvgIpc) is 2.62. The molecule has 0 saturated carbocycles. The van der Waals surface area contributed by atoms with Crippen LogP contribution in [0.2, 0.25) is 0 Å². The number of methoxy groups -OCH3 is 1. The van der Waals surface area contributed by atoms with Gasteiger partial charge in [0.2, 0.25) is 5.91 Å². The Morgan fingerprint density at radius 1 is 1.17 bits per heavy atom. The van der Waals surface area contributed by atoms with Crippen molar-refractivity contribution in [3.05, 3.63) is 23.8 Å². The number of alkyl halides is 2. The Balaban J connectivity index is 0.00000784. The van der Waals surface area contributed by atoms with Crippen molar-refractivity contribution in [1.82, 2.24) is 16.0 Å². The molecule has 0 fully saturated rings. The van der Waals surface area contributed by atoms with Gasteiger partial charge in [0.05, 0.1) is 13.7 Å². The van der Waals surface area contributed by atoms with Crippen LogP contribution in [0, 0.1) is 5.41 Å². The molecular formula is C19H31F2IN4O3. The van der Waals surface area contributed by atoms with E-state index in [9.17, 15) is 13.6 Å². The van der Waals surface area contributed by atoms with Crippen molar-refractivity contribution in [1.29, 1.82) is 0 Å². The van der Waals surface area contributed by atoms with E-state index < -0.39 is 12.0 Å². The Bertz CT molecular complexity index is 667. The maximum absolute atomic E-state index is 12.6. The largest absolute Gasteiger partial charge is 0.497 e. The molecule has 7 nitrogen and oxygen atoms in total. The van der Waals surface area contributed by atoms with E-state index in [0.717, 1.165) is 0 Å². The molecule has 1 aromatic carbocycles. The maximum Gasteiger partial charge on any atom is 0.387 e. The van der Waals surface area contributed by atoms with Crippen LogP contribution in [-0.2, 0) is 11.3 Å². The number of nitrogens with zero attached hydrogens (tertiary/aromatic N) is 1. The number of benzene rings is 1. The molecule has 0 saturated heterocycles. The molecule has 0 atom stereocenters. The predicted molar refractivity (Wildman–Crippen MR) is 120 cm³/mol. The van der Waals surface area contributed by atoms with Gasteiger partial charge in [-0.25, -0.2) is 4.99 Å². The first-order valence-corrected chi connectivity index (χ1v) is 9.09. The number of hydrogen-bond acceptors (Lipinski definition) is 4. The summed E-state index contributed by atoms with van der Waals surface area (Å²) >= 11 is 0. The normalized spacial score (nSPS) is 11.5. The van der Waals surface area contributed by atoms with Gasteiger partial charge in [-0.3, -0.25) is 4.79 Å². The van der Waals surface area contributed by atoms with Gasteiger partial charge in [-0.2, -0.15) is 8.78 Å². The molecule has 0 bridgehead atoms. The lowest BCUT2D eigenvalue weighted by Crippen LogP contribution is -2.43. The second-order valence-electron chi connectivity index (χ2n) is 6.98. The minimum atomic E-state index is -2.92. The number of aliphatic imine (C=N–C) groups is 1. The molecule has 3 N–H and O–H groups in total. The molecule has 10 heteroatoms. The first kappa shape index (κ1) is 27.1. The summed E-state index contributed by atoms with van der Waals surface area (Å²) in [7, 11) is 1.49. The predicted octanol–water partition coefficient (Wildman–Crippen LogP) is 3.13. The number of carbonyl (C=O) groups excluding carboxylic acids is 1. The number of ether oxygens (including phenoxy) is 2. The van der Waals surface area contributed by atoms with Crippen LogP contribution in [0.1, 0.15) is 33.3 Å². The zero-order valence-corrected chi connectivity index (χ0v) is 19.8. The van der Waals surface area contributed by atoms with E-state index >= 15 is 0 Å². The molecule has 29 heavy (non-hydrogen) atoms. The van der Waals surface area contributed by atoms with Crippen LogP contribution in [0.3, 0.4) is 0 Å². The smallest absolute Gasteiger partial charge is 0.387 e. The van der Waals surface area contributed by atoms with Crippen molar-refractivity contribution in [3.8, 4) is 11.5 Å². The summed E-state index contributed by atoms with van der Waals surface area (Å²) in [6.45, 7) is 6.15. The third-order valence-corrected chi connectivity index (χ3v) is 3.62. The van der Waals surface area contributed by atoms with Crippen molar-refractivity contribution in [2.24, 2.45) is 10.4 Å². The lowest BCUT2D eigenvalue weighted by atomic mass is 9.96. The van der Waals surface area contributed by atoms with E-state index in [-0.39, 0.29) is 42.2 Å².